The normalized spacial score (nSPS) is 10.3. The first-order chi connectivity index (χ1) is 8.58. The van der Waals surface area contributed by atoms with E-state index in [0.717, 1.165) is 5.56 Å². The van der Waals surface area contributed by atoms with E-state index in [0.29, 0.717) is 11.4 Å². The fraction of sp³-hybridized carbons (Fsp3) is 0.231. The zero-order valence-electron chi connectivity index (χ0n) is 10.1. The highest BCUT2D eigenvalue weighted by molar-refractivity contribution is 5.89. The zero-order chi connectivity index (χ0) is 13.1. The predicted octanol–water partition coefficient (Wildman–Crippen LogP) is 2.57. The topological polar surface area (TPSA) is 72.6 Å². The number of hydrogen-bond acceptors (Lipinski definition) is 4. The Bertz CT molecular complexity index is 557. The minimum atomic E-state index is -1.06. The van der Waals surface area contributed by atoms with Gasteiger partial charge in [0.15, 0.2) is 0 Å². The Balaban J connectivity index is 2.11. The van der Waals surface area contributed by atoms with Gasteiger partial charge in [0.05, 0.1) is 0 Å². The Hall–Kier alpha value is -2.30. The first kappa shape index (κ1) is 12.2. The van der Waals surface area contributed by atoms with Crippen molar-refractivity contribution in [1.29, 1.82) is 0 Å². The lowest BCUT2D eigenvalue weighted by atomic mass is 10.2. The second-order valence-electron chi connectivity index (χ2n) is 3.97. The molecule has 0 aliphatic rings. The number of aromatic carboxylic acids is 1. The lowest BCUT2D eigenvalue weighted by Crippen LogP contribution is -2.05. The number of benzene rings is 1. The van der Waals surface area contributed by atoms with Crippen molar-refractivity contribution in [2.75, 3.05) is 0 Å². The Morgan fingerprint density at radius 3 is 2.61 bits per heavy atom. The molecule has 94 valence electrons. The molecule has 1 aromatic carbocycles. The maximum Gasteiger partial charge on any atom is 0.341 e. The monoisotopic (exact) mass is 247 g/mol. The van der Waals surface area contributed by atoms with Gasteiger partial charge in [-0.2, -0.15) is 0 Å². The third kappa shape index (κ3) is 2.51. The SMILES string of the molecule is Cc1ccc(OCc2noc(C)c2C(=O)O)cc1. The molecule has 5 nitrogen and oxygen atoms in total. The van der Waals surface area contributed by atoms with Crippen molar-refractivity contribution >= 4 is 5.97 Å². The zero-order valence-corrected chi connectivity index (χ0v) is 10.1. The number of aromatic nitrogens is 1. The van der Waals surface area contributed by atoms with Crippen LogP contribution in [0.3, 0.4) is 0 Å². The van der Waals surface area contributed by atoms with Crippen LogP contribution in [0.25, 0.3) is 0 Å². The lowest BCUT2D eigenvalue weighted by molar-refractivity contribution is 0.0692. The van der Waals surface area contributed by atoms with Crippen molar-refractivity contribution in [2.24, 2.45) is 0 Å². The van der Waals surface area contributed by atoms with Gasteiger partial charge in [-0.15, -0.1) is 0 Å². The van der Waals surface area contributed by atoms with Crippen molar-refractivity contribution in [3.05, 3.63) is 46.8 Å². The molecule has 1 aromatic heterocycles. The molecule has 2 rings (SSSR count). The van der Waals surface area contributed by atoms with Gasteiger partial charge in [-0.3, -0.25) is 0 Å². The fourth-order valence-electron chi connectivity index (χ4n) is 1.58. The molecule has 0 aliphatic carbocycles. The first-order valence-corrected chi connectivity index (χ1v) is 5.46. The quantitative estimate of drug-likeness (QED) is 0.898. The summed E-state index contributed by atoms with van der Waals surface area (Å²) in [4.78, 5) is 11.0. The van der Waals surface area contributed by atoms with Gasteiger partial charge in [0, 0.05) is 0 Å². The van der Waals surface area contributed by atoms with Gasteiger partial charge in [0.25, 0.3) is 0 Å². The summed E-state index contributed by atoms with van der Waals surface area (Å²) in [7, 11) is 0. The van der Waals surface area contributed by atoms with Crippen LogP contribution in [0.2, 0.25) is 0 Å². The Kier molecular flexibility index (Phi) is 3.32. The van der Waals surface area contributed by atoms with Crippen molar-refractivity contribution in [3.8, 4) is 5.75 Å². The van der Waals surface area contributed by atoms with Gasteiger partial charge in [-0.25, -0.2) is 4.79 Å². The highest BCUT2D eigenvalue weighted by Gasteiger charge is 2.19. The van der Waals surface area contributed by atoms with E-state index >= 15 is 0 Å². The van der Waals surface area contributed by atoms with E-state index in [1.165, 1.54) is 0 Å². The molecule has 0 amide bonds. The number of ether oxygens (including phenoxy) is 1. The average Bonchev–Trinajstić information content (AvgIpc) is 2.70. The van der Waals surface area contributed by atoms with Gasteiger partial charge in [0.2, 0.25) is 0 Å². The average molecular weight is 247 g/mol. The van der Waals surface area contributed by atoms with Crippen molar-refractivity contribution in [3.63, 3.8) is 0 Å². The van der Waals surface area contributed by atoms with Gasteiger partial charge < -0.3 is 14.4 Å². The van der Waals surface area contributed by atoms with E-state index in [4.69, 9.17) is 14.4 Å². The number of carboxylic acid groups (broad SMARTS) is 1. The molecular weight excluding hydrogens is 234 g/mol. The van der Waals surface area contributed by atoms with Crippen LogP contribution in [0, 0.1) is 13.8 Å². The third-order valence-electron chi connectivity index (χ3n) is 2.54. The van der Waals surface area contributed by atoms with Crippen LogP contribution < -0.4 is 4.74 Å². The van der Waals surface area contributed by atoms with Gasteiger partial charge in [-0.1, -0.05) is 22.9 Å². The molecule has 0 unspecified atom stereocenters. The summed E-state index contributed by atoms with van der Waals surface area (Å²) in [6.45, 7) is 3.61. The minimum Gasteiger partial charge on any atom is -0.487 e. The van der Waals surface area contributed by atoms with E-state index in [9.17, 15) is 4.79 Å². The molecule has 0 saturated heterocycles. The van der Waals surface area contributed by atoms with Crippen molar-refractivity contribution in [1.82, 2.24) is 5.16 Å². The summed E-state index contributed by atoms with van der Waals surface area (Å²) < 4.78 is 10.3. The Morgan fingerprint density at radius 2 is 2.00 bits per heavy atom. The van der Waals surface area contributed by atoms with Crippen LogP contribution in [0.1, 0.15) is 27.4 Å². The molecule has 1 N–H and O–H groups in total. The first-order valence-electron chi connectivity index (χ1n) is 5.46. The summed E-state index contributed by atoms with van der Waals surface area (Å²) in [5, 5.41) is 12.7. The smallest absolute Gasteiger partial charge is 0.341 e. The number of carboxylic acids is 1. The van der Waals surface area contributed by atoms with Gasteiger partial charge in [0.1, 0.15) is 29.4 Å². The highest BCUT2D eigenvalue weighted by Crippen LogP contribution is 2.17. The number of hydrogen-bond donors (Lipinski definition) is 1. The molecule has 0 spiro atoms. The molecule has 0 atom stereocenters. The molecule has 0 aliphatic heterocycles. The largest absolute Gasteiger partial charge is 0.487 e. The van der Waals surface area contributed by atoms with E-state index in [-0.39, 0.29) is 17.9 Å². The molecule has 18 heavy (non-hydrogen) atoms. The summed E-state index contributed by atoms with van der Waals surface area (Å²) >= 11 is 0. The molecule has 1 heterocycles. The fourth-order valence-corrected chi connectivity index (χ4v) is 1.58. The minimum absolute atomic E-state index is 0.0714. The van der Waals surface area contributed by atoms with Crippen molar-refractivity contribution < 1.29 is 19.2 Å². The van der Waals surface area contributed by atoms with Crippen molar-refractivity contribution in [2.45, 2.75) is 20.5 Å². The Labute approximate surface area is 104 Å². The molecule has 0 fully saturated rings. The number of nitrogens with zero attached hydrogens (tertiary/aromatic N) is 1. The maximum atomic E-state index is 11.0. The second kappa shape index (κ2) is 4.91. The molecule has 0 radical (unpaired) electrons. The van der Waals surface area contributed by atoms with Crippen LogP contribution in [0.4, 0.5) is 0 Å². The third-order valence-corrected chi connectivity index (χ3v) is 2.54. The molecule has 0 bridgehead atoms. The van der Waals surface area contributed by atoms with E-state index < -0.39 is 5.97 Å². The van der Waals surface area contributed by atoms with E-state index in [2.05, 4.69) is 5.16 Å². The van der Waals surface area contributed by atoms with Crippen LogP contribution in [0.15, 0.2) is 28.8 Å². The maximum absolute atomic E-state index is 11.0. The Morgan fingerprint density at radius 1 is 1.33 bits per heavy atom. The standard InChI is InChI=1S/C13H13NO4/c1-8-3-5-10(6-4-8)17-7-11-12(13(15)16)9(2)18-14-11/h3-6H,7H2,1-2H3,(H,15,16). The molecule has 0 saturated carbocycles. The molecule has 5 heteroatoms. The number of rotatable bonds is 4. The van der Waals surface area contributed by atoms with Crippen LogP contribution in [0.5, 0.6) is 5.75 Å². The summed E-state index contributed by atoms with van der Waals surface area (Å²) in [5.74, 6) is -0.112. The number of carbonyl (C=O) groups is 1. The van der Waals surface area contributed by atoms with Gasteiger partial charge in [-0.05, 0) is 26.0 Å². The predicted molar refractivity (Wildman–Crippen MR) is 63.7 cm³/mol. The molecular formula is C13H13NO4. The van der Waals surface area contributed by atoms with Crippen LogP contribution in [-0.4, -0.2) is 16.2 Å². The number of aryl methyl sites for hydroxylation is 2. The van der Waals surface area contributed by atoms with Crippen LogP contribution >= 0.6 is 0 Å². The molecule has 2 aromatic rings. The summed E-state index contributed by atoms with van der Waals surface area (Å²) in [6, 6.07) is 7.48. The summed E-state index contributed by atoms with van der Waals surface area (Å²) in [6.07, 6.45) is 0. The summed E-state index contributed by atoms with van der Waals surface area (Å²) in [5.41, 5.74) is 1.49. The lowest BCUT2D eigenvalue weighted by Gasteiger charge is -2.04. The van der Waals surface area contributed by atoms with Gasteiger partial charge >= 0.3 is 5.97 Å². The van der Waals surface area contributed by atoms with E-state index in [1.807, 2.05) is 31.2 Å². The van der Waals surface area contributed by atoms with Crippen LogP contribution in [-0.2, 0) is 6.61 Å². The highest BCUT2D eigenvalue weighted by atomic mass is 16.5. The van der Waals surface area contributed by atoms with E-state index in [1.54, 1.807) is 6.92 Å². The second-order valence-corrected chi connectivity index (χ2v) is 3.97.